The summed E-state index contributed by atoms with van der Waals surface area (Å²) < 4.78 is 0. The highest BCUT2D eigenvalue weighted by atomic mass is 16.3. The van der Waals surface area contributed by atoms with Crippen molar-refractivity contribution in [2.45, 2.75) is 50.5 Å². The number of aliphatic hydroxyl groups is 1. The van der Waals surface area contributed by atoms with E-state index in [4.69, 9.17) is 0 Å². The summed E-state index contributed by atoms with van der Waals surface area (Å²) in [4.78, 5) is 0. The molecule has 68 valence electrons. The first-order chi connectivity index (χ1) is 5.75. The molecule has 0 spiro atoms. The highest BCUT2D eigenvalue weighted by Crippen LogP contribution is 2.53. The first-order valence-corrected chi connectivity index (χ1v) is 5.48. The highest BCUT2D eigenvalue weighted by molar-refractivity contribution is 4.99. The minimum absolute atomic E-state index is 0.185. The number of rotatable bonds is 2. The molecule has 0 aromatic carbocycles. The van der Waals surface area contributed by atoms with Crippen LogP contribution in [0.3, 0.4) is 0 Å². The van der Waals surface area contributed by atoms with Crippen LogP contribution in [0.2, 0.25) is 0 Å². The van der Waals surface area contributed by atoms with E-state index >= 15 is 0 Å². The molecule has 3 saturated carbocycles. The lowest BCUT2D eigenvalue weighted by molar-refractivity contribution is 0.102. The van der Waals surface area contributed by atoms with Crippen LogP contribution in [0.4, 0.5) is 0 Å². The number of hydrogen-bond acceptors (Lipinski definition) is 1. The van der Waals surface area contributed by atoms with Crippen LogP contribution in [0.25, 0.3) is 0 Å². The van der Waals surface area contributed by atoms with Crippen LogP contribution in [0.15, 0.2) is 0 Å². The zero-order valence-corrected chi connectivity index (χ0v) is 7.63. The molecule has 3 aliphatic carbocycles. The normalized spacial score (nSPS) is 48.2. The van der Waals surface area contributed by atoms with Crippen molar-refractivity contribution in [1.82, 2.24) is 0 Å². The van der Waals surface area contributed by atoms with Gasteiger partial charge in [-0.3, -0.25) is 0 Å². The molecule has 3 rings (SSSR count). The molecule has 1 N–H and O–H groups in total. The maximum atomic E-state index is 9.82. The second-order valence-electron chi connectivity index (χ2n) is 5.36. The molecule has 3 unspecified atom stereocenters. The van der Waals surface area contributed by atoms with E-state index in [0.29, 0.717) is 0 Å². The van der Waals surface area contributed by atoms with Crippen LogP contribution in [-0.2, 0) is 0 Å². The standard InChI is InChI=1S/C11H18O/c12-11(3-4-11)7-10-6-8-1-2-9(10)5-8/h8-10,12H,1-7H2. The molecule has 0 heterocycles. The Morgan fingerprint density at radius 3 is 2.50 bits per heavy atom. The Kier molecular flexibility index (Phi) is 1.39. The molecule has 0 radical (unpaired) electrons. The van der Waals surface area contributed by atoms with Gasteiger partial charge in [0.05, 0.1) is 5.60 Å². The van der Waals surface area contributed by atoms with E-state index in [1.165, 1.54) is 25.7 Å². The van der Waals surface area contributed by atoms with Crippen molar-refractivity contribution in [2.75, 3.05) is 0 Å². The van der Waals surface area contributed by atoms with E-state index in [2.05, 4.69) is 0 Å². The average molecular weight is 166 g/mol. The third-order valence-electron chi connectivity index (χ3n) is 4.35. The van der Waals surface area contributed by atoms with Gasteiger partial charge in [-0.2, -0.15) is 0 Å². The Bertz CT molecular complexity index is 195. The van der Waals surface area contributed by atoms with Crippen molar-refractivity contribution in [1.29, 1.82) is 0 Å². The fourth-order valence-electron chi connectivity index (χ4n) is 3.46. The van der Waals surface area contributed by atoms with Gasteiger partial charge in [0.15, 0.2) is 0 Å². The van der Waals surface area contributed by atoms with Crippen LogP contribution in [0.5, 0.6) is 0 Å². The lowest BCUT2D eigenvalue weighted by atomic mass is 9.84. The third kappa shape index (κ3) is 1.10. The predicted octanol–water partition coefficient (Wildman–Crippen LogP) is 2.34. The summed E-state index contributed by atoms with van der Waals surface area (Å²) in [5, 5.41) is 9.82. The monoisotopic (exact) mass is 166 g/mol. The SMILES string of the molecule is OC1(CC2CC3CCC2C3)CC1. The molecule has 3 aliphatic rings. The molecule has 1 nitrogen and oxygen atoms in total. The van der Waals surface area contributed by atoms with Gasteiger partial charge in [-0.25, -0.2) is 0 Å². The van der Waals surface area contributed by atoms with Gasteiger partial charge in [0, 0.05) is 0 Å². The molecule has 3 atom stereocenters. The predicted molar refractivity (Wildman–Crippen MR) is 47.7 cm³/mol. The van der Waals surface area contributed by atoms with Crippen molar-refractivity contribution < 1.29 is 5.11 Å². The molecule has 1 heteroatoms. The molecule has 0 aromatic rings. The topological polar surface area (TPSA) is 20.2 Å². The van der Waals surface area contributed by atoms with Gasteiger partial charge in [0.25, 0.3) is 0 Å². The van der Waals surface area contributed by atoms with Crippen LogP contribution in [-0.4, -0.2) is 10.7 Å². The Labute approximate surface area is 74.2 Å². The molecule has 12 heavy (non-hydrogen) atoms. The van der Waals surface area contributed by atoms with Crippen LogP contribution in [0, 0.1) is 17.8 Å². The number of fused-ring (bicyclic) bond motifs is 2. The van der Waals surface area contributed by atoms with Crippen molar-refractivity contribution in [3.8, 4) is 0 Å². The Hall–Kier alpha value is -0.0400. The summed E-state index contributed by atoms with van der Waals surface area (Å²) in [6.45, 7) is 0. The third-order valence-corrected chi connectivity index (χ3v) is 4.35. The van der Waals surface area contributed by atoms with E-state index < -0.39 is 0 Å². The summed E-state index contributed by atoms with van der Waals surface area (Å²) in [5.74, 6) is 2.94. The minimum atomic E-state index is -0.185. The fraction of sp³-hybridized carbons (Fsp3) is 1.00. The maximum absolute atomic E-state index is 9.82. The molecule has 3 fully saturated rings. The van der Waals surface area contributed by atoms with Gasteiger partial charge in [-0.1, -0.05) is 6.42 Å². The molecule has 0 saturated heterocycles. The van der Waals surface area contributed by atoms with Crippen molar-refractivity contribution in [2.24, 2.45) is 17.8 Å². The van der Waals surface area contributed by atoms with Gasteiger partial charge in [-0.05, 0) is 56.3 Å². The van der Waals surface area contributed by atoms with E-state index in [9.17, 15) is 5.11 Å². The fourth-order valence-corrected chi connectivity index (χ4v) is 3.46. The van der Waals surface area contributed by atoms with Crippen molar-refractivity contribution in [3.63, 3.8) is 0 Å². The number of hydrogen-bond donors (Lipinski definition) is 1. The Morgan fingerprint density at radius 2 is 2.00 bits per heavy atom. The van der Waals surface area contributed by atoms with E-state index in [0.717, 1.165) is 37.0 Å². The van der Waals surface area contributed by atoms with E-state index in [1.54, 1.807) is 0 Å². The first kappa shape index (κ1) is 7.37. The molecule has 0 aliphatic heterocycles. The quantitative estimate of drug-likeness (QED) is 0.667. The highest BCUT2D eigenvalue weighted by Gasteiger charge is 2.47. The smallest absolute Gasteiger partial charge is 0.0652 e. The van der Waals surface area contributed by atoms with Gasteiger partial charge >= 0.3 is 0 Å². The van der Waals surface area contributed by atoms with Gasteiger partial charge in [0.2, 0.25) is 0 Å². The van der Waals surface area contributed by atoms with E-state index in [-0.39, 0.29) is 5.60 Å². The summed E-state index contributed by atoms with van der Waals surface area (Å²) >= 11 is 0. The maximum Gasteiger partial charge on any atom is 0.0652 e. The molecule has 0 aromatic heterocycles. The second-order valence-corrected chi connectivity index (χ2v) is 5.36. The lowest BCUT2D eigenvalue weighted by Crippen LogP contribution is -2.19. The van der Waals surface area contributed by atoms with E-state index in [1.807, 2.05) is 0 Å². The molecule has 2 bridgehead atoms. The molecule has 0 amide bonds. The minimum Gasteiger partial charge on any atom is -0.390 e. The lowest BCUT2D eigenvalue weighted by Gasteiger charge is -2.23. The Balaban J connectivity index is 1.64. The second kappa shape index (κ2) is 2.25. The van der Waals surface area contributed by atoms with Crippen LogP contribution in [0.1, 0.15) is 44.9 Å². The van der Waals surface area contributed by atoms with Crippen molar-refractivity contribution >= 4 is 0 Å². The largest absolute Gasteiger partial charge is 0.390 e. The first-order valence-electron chi connectivity index (χ1n) is 5.48. The van der Waals surface area contributed by atoms with Crippen molar-refractivity contribution in [3.05, 3.63) is 0 Å². The van der Waals surface area contributed by atoms with Gasteiger partial charge in [-0.15, -0.1) is 0 Å². The molecular formula is C11H18O. The van der Waals surface area contributed by atoms with Gasteiger partial charge in [0.1, 0.15) is 0 Å². The zero-order valence-electron chi connectivity index (χ0n) is 7.63. The molecular weight excluding hydrogens is 148 g/mol. The summed E-state index contributed by atoms with van der Waals surface area (Å²) in [6, 6.07) is 0. The van der Waals surface area contributed by atoms with Crippen LogP contribution >= 0.6 is 0 Å². The van der Waals surface area contributed by atoms with Crippen LogP contribution < -0.4 is 0 Å². The van der Waals surface area contributed by atoms with Gasteiger partial charge < -0.3 is 5.11 Å². The summed E-state index contributed by atoms with van der Waals surface area (Å²) in [6.07, 6.45) is 9.18. The zero-order chi connectivity index (χ0) is 8.18. The summed E-state index contributed by atoms with van der Waals surface area (Å²) in [5.41, 5.74) is -0.185. The average Bonchev–Trinajstić information content (AvgIpc) is 2.48. The Morgan fingerprint density at radius 1 is 1.17 bits per heavy atom. The summed E-state index contributed by atoms with van der Waals surface area (Å²) in [7, 11) is 0.